The van der Waals surface area contributed by atoms with Crippen LogP contribution in [0.2, 0.25) is 0 Å². The summed E-state index contributed by atoms with van der Waals surface area (Å²) in [6.45, 7) is 2.77. The minimum Gasteiger partial charge on any atom is -0.345 e. The van der Waals surface area contributed by atoms with Gasteiger partial charge in [-0.25, -0.2) is 4.98 Å². The number of pyridine rings is 1. The van der Waals surface area contributed by atoms with Gasteiger partial charge in [0.2, 0.25) is 0 Å². The summed E-state index contributed by atoms with van der Waals surface area (Å²) < 4.78 is 39.7. The van der Waals surface area contributed by atoms with Crippen LogP contribution in [0, 0.1) is 0 Å². The van der Waals surface area contributed by atoms with E-state index >= 15 is 0 Å². The van der Waals surface area contributed by atoms with Crippen LogP contribution in [-0.2, 0) is 25.7 Å². The van der Waals surface area contributed by atoms with E-state index in [0.717, 1.165) is 30.2 Å². The minimum absolute atomic E-state index is 0.282. The Morgan fingerprint density at radius 2 is 2.04 bits per heavy atom. The highest BCUT2D eigenvalue weighted by molar-refractivity contribution is 5.40. The van der Waals surface area contributed by atoms with Gasteiger partial charge in [-0.1, -0.05) is 6.92 Å². The quantitative estimate of drug-likeness (QED) is 0.756. The Bertz CT molecular complexity index is 804. The number of hydrogen-bond acceptors (Lipinski definition) is 4. The molecule has 6 nitrogen and oxygen atoms in total. The van der Waals surface area contributed by atoms with Gasteiger partial charge >= 0.3 is 6.18 Å². The molecule has 9 heteroatoms. The molecule has 0 saturated heterocycles. The van der Waals surface area contributed by atoms with E-state index in [1.165, 1.54) is 10.5 Å². The molecule has 0 aliphatic heterocycles. The zero-order valence-corrected chi connectivity index (χ0v) is 12.4. The third-order valence-corrected chi connectivity index (χ3v) is 3.44. The smallest absolute Gasteiger partial charge is 0.345 e. The lowest BCUT2D eigenvalue weighted by Gasteiger charge is -2.07. The van der Waals surface area contributed by atoms with E-state index in [1.807, 2.05) is 6.92 Å². The molecule has 3 rings (SSSR count). The van der Waals surface area contributed by atoms with Gasteiger partial charge in [-0.15, -0.1) is 10.2 Å². The van der Waals surface area contributed by atoms with Gasteiger partial charge in [0.25, 0.3) is 0 Å². The largest absolute Gasteiger partial charge is 0.417 e. The fourth-order valence-corrected chi connectivity index (χ4v) is 2.19. The summed E-state index contributed by atoms with van der Waals surface area (Å²) in [4.78, 5) is 7.35. The van der Waals surface area contributed by atoms with Crippen LogP contribution in [0.5, 0.6) is 0 Å². The highest BCUT2D eigenvalue weighted by atomic mass is 19.4. The van der Waals surface area contributed by atoms with E-state index < -0.39 is 11.7 Å². The van der Waals surface area contributed by atoms with Crippen LogP contribution in [0.25, 0.3) is 5.65 Å². The molecule has 3 aromatic rings. The van der Waals surface area contributed by atoms with Crippen molar-refractivity contribution in [2.24, 2.45) is 0 Å². The maximum Gasteiger partial charge on any atom is 0.417 e. The van der Waals surface area contributed by atoms with Crippen molar-refractivity contribution in [2.75, 3.05) is 0 Å². The van der Waals surface area contributed by atoms with Gasteiger partial charge in [0.15, 0.2) is 11.5 Å². The lowest BCUT2D eigenvalue weighted by atomic mass is 10.3. The fraction of sp³-hybridized carbons (Fsp3) is 0.357. The number of fused-ring (bicyclic) bond motifs is 1. The first-order valence-corrected chi connectivity index (χ1v) is 7.11. The van der Waals surface area contributed by atoms with Crippen molar-refractivity contribution in [3.63, 3.8) is 0 Å². The molecule has 0 amide bonds. The van der Waals surface area contributed by atoms with Gasteiger partial charge < -0.3 is 10.3 Å². The third-order valence-electron chi connectivity index (χ3n) is 3.44. The molecule has 0 spiro atoms. The lowest BCUT2D eigenvalue weighted by Crippen LogP contribution is -2.16. The lowest BCUT2D eigenvalue weighted by molar-refractivity contribution is -0.137. The molecule has 0 aromatic carbocycles. The molecule has 0 aliphatic rings. The number of aryl methyl sites for hydroxylation is 1. The summed E-state index contributed by atoms with van der Waals surface area (Å²) >= 11 is 0. The predicted octanol–water partition coefficient (Wildman–Crippen LogP) is 2.32. The number of H-pyrrole nitrogens is 1. The molecule has 2 N–H and O–H groups in total. The molecule has 122 valence electrons. The summed E-state index contributed by atoms with van der Waals surface area (Å²) in [6.07, 6.45) is -0.760. The zero-order valence-electron chi connectivity index (χ0n) is 12.4. The van der Waals surface area contributed by atoms with E-state index in [4.69, 9.17) is 0 Å². The van der Waals surface area contributed by atoms with E-state index in [1.54, 1.807) is 6.20 Å². The number of aromatic amines is 1. The molecule has 23 heavy (non-hydrogen) atoms. The zero-order chi connectivity index (χ0) is 16.4. The van der Waals surface area contributed by atoms with Gasteiger partial charge in [0, 0.05) is 18.1 Å². The topological polar surface area (TPSA) is 70.9 Å². The van der Waals surface area contributed by atoms with Crippen molar-refractivity contribution in [3.8, 4) is 0 Å². The first-order chi connectivity index (χ1) is 11.0. The van der Waals surface area contributed by atoms with Gasteiger partial charge in [0.05, 0.1) is 18.7 Å². The second kappa shape index (κ2) is 5.99. The number of hydrogen-bond donors (Lipinski definition) is 2. The highest BCUT2D eigenvalue weighted by Gasteiger charge is 2.31. The molecule has 0 saturated carbocycles. The van der Waals surface area contributed by atoms with Crippen LogP contribution in [0.1, 0.15) is 29.8 Å². The fourth-order valence-electron chi connectivity index (χ4n) is 2.19. The first kappa shape index (κ1) is 15.5. The molecule has 3 aromatic heterocycles. The molecular formula is C14H15F3N6. The Kier molecular flexibility index (Phi) is 4.03. The Morgan fingerprint density at radius 3 is 2.74 bits per heavy atom. The minimum atomic E-state index is -4.39. The highest BCUT2D eigenvalue weighted by Crippen LogP contribution is 2.29. The monoisotopic (exact) mass is 324 g/mol. The van der Waals surface area contributed by atoms with Crippen molar-refractivity contribution in [1.82, 2.24) is 29.9 Å². The van der Waals surface area contributed by atoms with E-state index in [2.05, 4.69) is 25.5 Å². The third kappa shape index (κ3) is 3.34. The Balaban J connectivity index is 1.72. The van der Waals surface area contributed by atoms with Crippen molar-refractivity contribution >= 4 is 5.65 Å². The second-order valence-corrected chi connectivity index (χ2v) is 5.07. The summed E-state index contributed by atoms with van der Waals surface area (Å²) in [5.74, 6) is 1.18. The Hall–Kier alpha value is -2.42. The van der Waals surface area contributed by atoms with Crippen molar-refractivity contribution in [2.45, 2.75) is 32.6 Å². The second-order valence-electron chi connectivity index (χ2n) is 5.07. The number of nitrogens with one attached hydrogen (secondary N) is 2. The predicted molar refractivity (Wildman–Crippen MR) is 76.5 cm³/mol. The summed E-state index contributed by atoms with van der Waals surface area (Å²) in [7, 11) is 0. The van der Waals surface area contributed by atoms with Gasteiger partial charge in [-0.3, -0.25) is 4.40 Å². The first-order valence-electron chi connectivity index (χ1n) is 7.11. The molecule has 3 heterocycles. The maximum atomic E-state index is 12.8. The van der Waals surface area contributed by atoms with Gasteiger partial charge in [0.1, 0.15) is 5.82 Å². The SMILES string of the molecule is CCc1cnc(CNCc2nnc3ccc(C(F)(F)F)cn23)[nH]1. The van der Waals surface area contributed by atoms with Gasteiger partial charge in [-0.2, -0.15) is 13.2 Å². The average Bonchev–Trinajstić information content (AvgIpc) is 3.13. The molecule has 0 aliphatic carbocycles. The van der Waals surface area contributed by atoms with Gasteiger partial charge in [-0.05, 0) is 18.6 Å². The molecular weight excluding hydrogens is 309 g/mol. The normalized spacial score (nSPS) is 12.2. The Labute approximate surface area is 129 Å². The molecule has 0 fully saturated rings. The van der Waals surface area contributed by atoms with Crippen LogP contribution >= 0.6 is 0 Å². The molecule has 0 atom stereocenters. The number of aromatic nitrogens is 5. The standard InChI is InChI=1S/C14H15F3N6/c1-2-10-5-19-11(20-10)6-18-7-13-22-21-12-4-3-9(8-23(12)13)14(15,16)17/h3-5,8,18H,2,6-7H2,1H3,(H,19,20). The van der Waals surface area contributed by atoms with Crippen LogP contribution in [0.3, 0.4) is 0 Å². The van der Waals surface area contributed by atoms with Crippen LogP contribution in [-0.4, -0.2) is 24.6 Å². The van der Waals surface area contributed by atoms with Crippen LogP contribution < -0.4 is 5.32 Å². The summed E-state index contributed by atoms with van der Waals surface area (Å²) in [6, 6.07) is 2.30. The number of halogens is 3. The number of alkyl halides is 3. The maximum absolute atomic E-state index is 12.8. The summed E-state index contributed by atoms with van der Waals surface area (Å²) in [5.41, 5.74) is 0.676. The van der Waals surface area contributed by atoms with Crippen molar-refractivity contribution in [3.05, 3.63) is 47.4 Å². The number of rotatable bonds is 5. The molecule has 0 bridgehead atoms. The van der Waals surface area contributed by atoms with Crippen molar-refractivity contribution < 1.29 is 13.2 Å². The summed E-state index contributed by atoms with van der Waals surface area (Å²) in [5, 5.41) is 10.9. The van der Waals surface area contributed by atoms with Crippen LogP contribution in [0.15, 0.2) is 24.5 Å². The van der Waals surface area contributed by atoms with E-state index in [-0.39, 0.29) is 6.54 Å². The average molecular weight is 324 g/mol. The van der Waals surface area contributed by atoms with Crippen LogP contribution in [0.4, 0.5) is 13.2 Å². The Morgan fingerprint density at radius 1 is 1.22 bits per heavy atom. The van der Waals surface area contributed by atoms with E-state index in [0.29, 0.717) is 18.0 Å². The molecule has 0 radical (unpaired) electrons. The van der Waals surface area contributed by atoms with E-state index in [9.17, 15) is 13.2 Å². The number of imidazole rings is 1. The number of nitrogens with zero attached hydrogens (tertiary/aromatic N) is 4. The molecule has 0 unspecified atom stereocenters. The van der Waals surface area contributed by atoms with Crippen molar-refractivity contribution in [1.29, 1.82) is 0 Å².